The van der Waals surface area contributed by atoms with E-state index in [1.54, 1.807) is 18.4 Å². The van der Waals surface area contributed by atoms with Gasteiger partial charge in [0.05, 0.1) is 12.8 Å². The zero-order valence-corrected chi connectivity index (χ0v) is 11.8. The number of anilines is 1. The average molecular weight is 262 g/mol. The summed E-state index contributed by atoms with van der Waals surface area (Å²) in [5, 5.41) is 0.636. The van der Waals surface area contributed by atoms with Gasteiger partial charge in [-0.2, -0.15) is 0 Å². The van der Waals surface area contributed by atoms with Gasteiger partial charge in [0.15, 0.2) is 5.13 Å². The highest BCUT2D eigenvalue weighted by Gasteiger charge is 2.13. The lowest BCUT2D eigenvalue weighted by atomic mass is 10.0. The van der Waals surface area contributed by atoms with Crippen LogP contribution in [0.3, 0.4) is 0 Å². The zero-order chi connectivity index (χ0) is 13.1. The van der Waals surface area contributed by atoms with E-state index in [1.165, 1.54) is 4.88 Å². The number of nitrogen functional groups attached to an aromatic ring is 1. The second kappa shape index (κ2) is 5.40. The van der Waals surface area contributed by atoms with Crippen molar-refractivity contribution in [1.82, 2.24) is 4.98 Å². The molecule has 18 heavy (non-hydrogen) atoms. The molecule has 0 radical (unpaired) electrons. The zero-order valence-electron chi connectivity index (χ0n) is 10.9. The summed E-state index contributed by atoms with van der Waals surface area (Å²) in [4.78, 5) is 5.70. The van der Waals surface area contributed by atoms with Crippen LogP contribution in [-0.4, -0.2) is 12.1 Å². The number of hydrogen-bond acceptors (Lipinski definition) is 4. The highest BCUT2D eigenvalue weighted by atomic mass is 32.1. The molecule has 0 atom stereocenters. The third-order valence-corrected chi connectivity index (χ3v) is 3.58. The van der Waals surface area contributed by atoms with Crippen molar-refractivity contribution in [3.8, 4) is 17.0 Å². The summed E-state index contributed by atoms with van der Waals surface area (Å²) in [6.45, 7) is 4.40. The SMILES string of the molecule is COc1ccc(-c2nc(N)sc2CC(C)C)cc1. The lowest BCUT2D eigenvalue weighted by Crippen LogP contribution is -1.94. The molecular weight excluding hydrogens is 244 g/mol. The summed E-state index contributed by atoms with van der Waals surface area (Å²) in [5.41, 5.74) is 7.94. The van der Waals surface area contributed by atoms with Crippen LogP contribution in [0.25, 0.3) is 11.3 Å². The van der Waals surface area contributed by atoms with Gasteiger partial charge in [0.25, 0.3) is 0 Å². The molecule has 0 saturated carbocycles. The fourth-order valence-corrected chi connectivity index (χ4v) is 2.92. The van der Waals surface area contributed by atoms with Gasteiger partial charge in [0, 0.05) is 10.4 Å². The van der Waals surface area contributed by atoms with Gasteiger partial charge in [0.2, 0.25) is 0 Å². The third-order valence-electron chi connectivity index (χ3n) is 2.67. The summed E-state index contributed by atoms with van der Waals surface area (Å²) in [6, 6.07) is 7.95. The molecular formula is C14H18N2OS. The molecule has 0 aliphatic rings. The van der Waals surface area contributed by atoms with Gasteiger partial charge in [-0.1, -0.05) is 13.8 Å². The predicted molar refractivity (Wildman–Crippen MR) is 77.1 cm³/mol. The first-order valence-corrected chi connectivity index (χ1v) is 6.81. The van der Waals surface area contributed by atoms with E-state index in [0.29, 0.717) is 11.0 Å². The number of hydrogen-bond donors (Lipinski definition) is 1. The van der Waals surface area contributed by atoms with Gasteiger partial charge >= 0.3 is 0 Å². The van der Waals surface area contributed by atoms with Crippen molar-refractivity contribution < 1.29 is 4.74 Å². The maximum Gasteiger partial charge on any atom is 0.180 e. The smallest absolute Gasteiger partial charge is 0.180 e. The second-order valence-electron chi connectivity index (χ2n) is 4.65. The predicted octanol–water partition coefficient (Wildman–Crippen LogP) is 3.60. The Balaban J connectivity index is 2.36. The van der Waals surface area contributed by atoms with Gasteiger partial charge in [-0.15, -0.1) is 11.3 Å². The van der Waals surface area contributed by atoms with Gasteiger partial charge in [-0.05, 0) is 36.6 Å². The molecule has 1 aromatic heterocycles. The minimum atomic E-state index is 0.599. The van der Waals surface area contributed by atoms with Crippen LogP contribution in [0.1, 0.15) is 18.7 Å². The average Bonchev–Trinajstić information content (AvgIpc) is 2.69. The Kier molecular flexibility index (Phi) is 3.87. The number of aromatic nitrogens is 1. The number of rotatable bonds is 4. The van der Waals surface area contributed by atoms with Crippen LogP contribution in [0, 0.1) is 5.92 Å². The van der Waals surface area contributed by atoms with Crippen molar-refractivity contribution in [3.63, 3.8) is 0 Å². The van der Waals surface area contributed by atoms with E-state index < -0.39 is 0 Å². The topological polar surface area (TPSA) is 48.1 Å². The molecule has 0 spiro atoms. The fraction of sp³-hybridized carbons (Fsp3) is 0.357. The fourth-order valence-electron chi connectivity index (χ4n) is 1.85. The van der Waals surface area contributed by atoms with Crippen LogP contribution < -0.4 is 10.5 Å². The lowest BCUT2D eigenvalue weighted by molar-refractivity contribution is 0.415. The van der Waals surface area contributed by atoms with E-state index in [4.69, 9.17) is 10.5 Å². The van der Waals surface area contributed by atoms with Crippen molar-refractivity contribution in [1.29, 1.82) is 0 Å². The van der Waals surface area contributed by atoms with Crippen LogP contribution >= 0.6 is 11.3 Å². The van der Waals surface area contributed by atoms with E-state index in [0.717, 1.165) is 23.4 Å². The first-order chi connectivity index (χ1) is 8.60. The van der Waals surface area contributed by atoms with Gasteiger partial charge < -0.3 is 10.5 Å². The van der Waals surface area contributed by atoms with Crippen LogP contribution in [0.5, 0.6) is 5.75 Å². The number of benzene rings is 1. The Morgan fingerprint density at radius 3 is 2.50 bits per heavy atom. The van der Waals surface area contributed by atoms with Gasteiger partial charge in [0.1, 0.15) is 5.75 Å². The van der Waals surface area contributed by atoms with Crippen molar-refractivity contribution in [2.75, 3.05) is 12.8 Å². The standard InChI is InChI=1S/C14H18N2OS/c1-9(2)8-12-13(16-14(15)18-12)10-4-6-11(17-3)7-5-10/h4-7,9H,8H2,1-3H3,(H2,15,16). The van der Waals surface area contributed by atoms with Gasteiger partial charge in [-0.25, -0.2) is 4.98 Å². The van der Waals surface area contributed by atoms with Crippen LogP contribution in [-0.2, 0) is 6.42 Å². The molecule has 2 N–H and O–H groups in total. The van der Waals surface area contributed by atoms with Gasteiger partial charge in [-0.3, -0.25) is 0 Å². The first kappa shape index (κ1) is 12.9. The molecule has 0 amide bonds. The van der Waals surface area contributed by atoms with Crippen molar-refractivity contribution in [2.24, 2.45) is 5.92 Å². The largest absolute Gasteiger partial charge is 0.497 e. The second-order valence-corrected chi connectivity index (χ2v) is 5.77. The molecule has 0 aliphatic carbocycles. The molecule has 0 aliphatic heterocycles. The Morgan fingerprint density at radius 1 is 1.28 bits per heavy atom. The highest BCUT2D eigenvalue weighted by Crippen LogP contribution is 2.32. The van der Waals surface area contributed by atoms with Crippen molar-refractivity contribution in [3.05, 3.63) is 29.1 Å². The third kappa shape index (κ3) is 2.82. The number of thiazole rings is 1. The van der Waals surface area contributed by atoms with E-state index >= 15 is 0 Å². The normalized spacial score (nSPS) is 10.9. The molecule has 96 valence electrons. The maximum absolute atomic E-state index is 5.83. The van der Waals surface area contributed by atoms with Crippen LogP contribution in [0.4, 0.5) is 5.13 Å². The summed E-state index contributed by atoms with van der Waals surface area (Å²) >= 11 is 1.58. The first-order valence-electron chi connectivity index (χ1n) is 5.99. The number of nitrogens with zero attached hydrogens (tertiary/aromatic N) is 1. The quantitative estimate of drug-likeness (QED) is 0.915. The number of nitrogens with two attached hydrogens (primary N) is 1. The summed E-state index contributed by atoms with van der Waals surface area (Å²) in [5.74, 6) is 1.45. The molecule has 4 heteroatoms. The number of ether oxygens (including phenoxy) is 1. The monoisotopic (exact) mass is 262 g/mol. The van der Waals surface area contributed by atoms with E-state index in [-0.39, 0.29) is 0 Å². The maximum atomic E-state index is 5.83. The lowest BCUT2D eigenvalue weighted by Gasteiger charge is -2.06. The Labute approximate surface area is 112 Å². The molecule has 1 aromatic carbocycles. The molecule has 1 heterocycles. The Morgan fingerprint density at radius 2 is 1.94 bits per heavy atom. The van der Waals surface area contributed by atoms with Crippen molar-refractivity contribution >= 4 is 16.5 Å². The van der Waals surface area contributed by atoms with Crippen LogP contribution in [0.2, 0.25) is 0 Å². The summed E-state index contributed by atoms with van der Waals surface area (Å²) in [7, 11) is 1.67. The minimum absolute atomic E-state index is 0.599. The Hall–Kier alpha value is -1.55. The number of methoxy groups -OCH3 is 1. The highest BCUT2D eigenvalue weighted by molar-refractivity contribution is 7.15. The van der Waals surface area contributed by atoms with E-state index in [9.17, 15) is 0 Å². The molecule has 0 saturated heterocycles. The van der Waals surface area contributed by atoms with E-state index in [2.05, 4.69) is 18.8 Å². The molecule has 2 rings (SSSR count). The molecule has 2 aromatic rings. The summed E-state index contributed by atoms with van der Waals surface area (Å²) in [6.07, 6.45) is 1.01. The Bertz CT molecular complexity index is 517. The molecule has 0 fully saturated rings. The molecule has 3 nitrogen and oxygen atoms in total. The van der Waals surface area contributed by atoms with E-state index in [1.807, 2.05) is 24.3 Å². The summed E-state index contributed by atoms with van der Waals surface area (Å²) < 4.78 is 5.16. The van der Waals surface area contributed by atoms with Crippen LogP contribution in [0.15, 0.2) is 24.3 Å². The minimum Gasteiger partial charge on any atom is -0.497 e. The van der Waals surface area contributed by atoms with Crippen molar-refractivity contribution in [2.45, 2.75) is 20.3 Å². The molecule has 0 bridgehead atoms. The molecule has 0 unspecified atom stereocenters.